The lowest BCUT2D eigenvalue weighted by Crippen LogP contribution is -2.37. The third kappa shape index (κ3) is 9.62. The summed E-state index contributed by atoms with van der Waals surface area (Å²) in [5, 5.41) is 0. The van der Waals surface area contributed by atoms with Crippen LogP contribution in [0.1, 0.15) is 12.8 Å². The monoisotopic (exact) mass is 313 g/mol. The van der Waals surface area contributed by atoms with Gasteiger partial charge in [0.1, 0.15) is 0 Å². The van der Waals surface area contributed by atoms with Crippen LogP contribution < -0.4 is 0 Å². The van der Waals surface area contributed by atoms with E-state index in [2.05, 4.69) is 9.80 Å². The van der Waals surface area contributed by atoms with Gasteiger partial charge in [0, 0.05) is 19.0 Å². The van der Waals surface area contributed by atoms with Crippen LogP contribution in [-0.2, 0) is 10.0 Å². The van der Waals surface area contributed by atoms with E-state index in [1.165, 1.54) is 0 Å². The summed E-state index contributed by atoms with van der Waals surface area (Å²) in [7, 11) is 4.75. The molecule has 7 heteroatoms. The molecule has 0 aliphatic carbocycles. The van der Waals surface area contributed by atoms with E-state index in [0.717, 1.165) is 25.9 Å². The zero-order valence-corrected chi connectivity index (χ0v) is 14.2. The van der Waals surface area contributed by atoms with Crippen LogP contribution in [-0.4, -0.2) is 88.5 Å². The van der Waals surface area contributed by atoms with Crippen LogP contribution in [0.4, 0.5) is 0 Å². The summed E-state index contributed by atoms with van der Waals surface area (Å²) in [6.07, 6.45) is 1.69. The van der Waals surface area contributed by atoms with Crippen molar-refractivity contribution in [3.63, 3.8) is 0 Å². The Morgan fingerprint density at radius 1 is 0.842 bits per heavy atom. The molecule has 0 aromatic carbocycles. The molecule has 116 valence electrons. The molecule has 0 spiro atoms. The molecule has 0 atom stereocenters. The standard InChI is InChI=1S/C12H28ClN3O2S/c1-14(2)8-5-10-16(11-6-9-15(3)4)19(17,18)12-7-13/h5-12H2,1-4H3. The first-order chi connectivity index (χ1) is 8.79. The normalized spacial score (nSPS) is 12.8. The van der Waals surface area contributed by atoms with E-state index in [9.17, 15) is 8.42 Å². The van der Waals surface area contributed by atoms with E-state index >= 15 is 0 Å². The number of nitrogens with zero attached hydrogens (tertiary/aromatic N) is 3. The maximum Gasteiger partial charge on any atom is 0.215 e. The molecular formula is C12H28ClN3O2S. The number of rotatable bonds is 11. The summed E-state index contributed by atoms with van der Waals surface area (Å²) in [6, 6.07) is 0. The van der Waals surface area contributed by atoms with Crippen LogP contribution in [0.2, 0.25) is 0 Å². The van der Waals surface area contributed by atoms with Crippen LogP contribution in [0.15, 0.2) is 0 Å². The summed E-state index contributed by atoms with van der Waals surface area (Å²) >= 11 is 5.58. The van der Waals surface area contributed by atoms with E-state index in [0.29, 0.717) is 13.1 Å². The average Bonchev–Trinajstić information content (AvgIpc) is 2.25. The Balaban J connectivity index is 4.38. The molecule has 0 saturated carbocycles. The lowest BCUT2D eigenvalue weighted by molar-refractivity contribution is 0.327. The molecule has 19 heavy (non-hydrogen) atoms. The first kappa shape index (κ1) is 19.1. The molecule has 0 heterocycles. The molecule has 0 fully saturated rings. The van der Waals surface area contributed by atoms with Crippen LogP contribution in [0.25, 0.3) is 0 Å². The maximum atomic E-state index is 12.1. The van der Waals surface area contributed by atoms with Crippen molar-refractivity contribution in [2.24, 2.45) is 0 Å². The summed E-state index contributed by atoms with van der Waals surface area (Å²) in [5.41, 5.74) is 0. The molecule has 0 amide bonds. The minimum absolute atomic E-state index is 0.0263. The van der Waals surface area contributed by atoms with E-state index in [1.807, 2.05) is 28.2 Å². The van der Waals surface area contributed by atoms with E-state index in [4.69, 9.17) is 11.6 Å². The van der Waals surface area contributed by atoms with Crippen molar-refractivity contribution in [3.05, 3.63) is 0 Å². The van der Waals surface area contributed by atoms with Gasteiger partial charge in [-0.1, -0.05) is 0 Å². The third-order valence-corrected chi connectivity index (χ3v) is 5.04. The van der Waals surface area contributed by atoms with E-state index in [-0.39, 0.29) is 11.6 Å². The minimum Gasteiger partial charge on any atom is -0.309 e. The Hall–Kier alpha value is 0.120. The smallest absolute Gasteiger partial charge is 0.215 e. The Morgan fingerprint density at radius 3 is 1.58 bits per heavy atom. The molecule has 0 aromatic heterocycles. The maximum absolute atomic E-state index is 12.1. The second kappa shape index (κ2) is 9.94. The van der Waals surface area contributed by atoms with Gasteiger partial charge < -0.3 is 9.80 Å². The molecule has 0 aliphatic heterocycles. The summed E-state index contributed by atoms with van der Waals surface area (Å²) in [4.78, 5) is 4.12. The molecule has 0 N–H and O–H groups in total. The van der Waals surface area contributed by atoms with Gasteiger partial charge >= 0.3 is 0 Å². The Labute approximate surface area is 123 Å². The minimum atomic E-state index is -3.20. The van der Waals surface area contributed by atoms with Gasteiger partial charge in [0.15, 0.2) is 0 Å². The summed E-state index contributed by atoms with van der Waals surface area (Å²) < 4.78 is 25.8. The van der Waals surface area contributed by atoms with Gasteiger partial charge in [0.2, 0.25) is 10.0 Å². The summed E-state index contributed by atoms with van der Waals surface area (Å²) in [5.74, 6) is 0.179. The van der Waals surface area contributed by atoms with Gasteiger partial charge in [-0.3, -0.25) is 0 Å². The average molecular weight is 314 g/mol. The van der Waals surface area contributed by atoms with Crippen molar-refractivity contribution in [3.8, 4) is 0 Å². The highest BCUT2D eigenvalue weighted by molar-refractivity contribution is 7.89. The van der Waals surface area contributed by atoms with Crippen molar-refractivity contribution < 1.29 is 8.42 Å². The second-order valence-electron chi connectivity index (χ2n) is 5.22. The fraction of sp³-hybridized carbons (Fsp3) is 1.00. The quantitative estimate of drug-likeness (QED) is 0.528. The van der Waals surface area contributed by atoms with Crippen molar-refractivity contribution in [1.29, 1.82) is 0 Å². The lowest BCUT2D eigenvalue weighted by Gasteiger charge is -2.23. The molecule has 0 unspecified atom stereocenters. The van der Waals surface area contributed by atoms with Gasteiger partial charge in [-0.15, -0.1) is 11.6 Å². The SMILES string of the molecule is CN(C)CCCN(CCCN(C)C)S(=O)(=O)CCCl. The van der Waals surface area contributed by atoms with Crippen molar-refractivity contribution in [2.45, 2.75) is 12.8 Å². The highest BCUT2D eigenvalue weighted by Crippen LogP contribution is 2.06. The topological polar surface area (TPSA) is 43.9 Å². The number of halogens is 1. The van der Waals surface area contributed by atoms with Gasteiger partial charge in [-0.2, -0.15) is 0 Å². The molecule has 0 radical (unpaired) electrons. The predicted octanol–water partition coefficient (Wildman–Crippen LogP) is 0.760. The molecule has 5 nitrogen and oxygen atoms in total. The fourth-order valence-corrected chi connectivity index (χ4v) is 3.60. The number of hydrogen-bond donors (Lipinski definition) is 0. The number of alkyl halides is 1. The highest BCUT2D eigenvalue weighted by atomic mass is 35.5. The summed E-state index contributed by atoms with van der Waals surface area (Å²) in [6.45, 7) is 2.93. The van der Waals surface area contributed by atoms with Crippen molar-refractivity contribution in [1.82, 2.24) is 14.1 Å². The zero-order valence-electron chi connectivity index (χ0n) is 12.6. The molecule has 0 rings (SSSR count). The number of sulfonamides is 1. The molecule has 0 saturated heterocycles. The Kier molecular flexibility index (Phi) is 10.00. The Bertz CT molecular complexity index is 307. The van der Waals surface area contributed by atoms with E-state index in [1.54, 1.807) is 4.31 Å². The third-order valence-electron chi connectivity index (χ3n) is 2.75. The van der Waals surface area contributed by atoms with Crippen molar-refractivity contribution in [2.75, 3.05) is 66.0 Å². The molecule has 0 aromatic rings. The van der Waals surface area contributed by atoms with Crippen LogP contribution in [0.3, 0.4) is 0 Å². The zero-order chi connectivity index (χ0) is 14.9. The highest BCUT2D eigenvalue weighted by Gasteiger charge is 2.20. The van der Waals surface area contributed by atoms with Gasteiger partial charge in [-0.05, 0) is 54.1 Å². The number of hydrogen-bond acceptors (Lipinski definition) is 4. The van der Waals surface area contributed by atoms with E-state index < -0.39 is 10.0 Å². The van der Waals surface area contributed by atoms with Crippen LogP contribution in [0.5, 0.6) is 0 Å². The van der Waals surface area contributed by atoms with Gasteiger partial charge in [0.25, 0.3) is 0 Å². The first-order valence-electron chi connectivity index (χ1n) is 6.63. The van der Waals surface area contributed by atoms with Crippen molar-refractivity contribution >= 4 is 21.6 Å². The lowest BCUT2D eigenvalue weighted by atomic mass is 10.3. The fourth-order valence-electron chi connectivity index (χ4n) is 1.74. The van der Waals surface area contributed by atoms with Gasteiger partial charge in [-0.25, -0.2) is 12.7 Å². The predicted molar refractivity (Wildman–Crippen MR) is 82.4 cm³/mol. The second-order valence-corrected chi connectivity index (χ2v) is 7.68. The van der Waals surface area contributed by atoms with Gasteiger partial charge in [0.05, 0.1) is 5.75 Å². The molecule has 0 bridgehead atoms. The molecular weight excluding hydrogens is 286 g/mol. The van der Waals surface area contributed by atoms with Crippen LogP contribution >= 0.6 is 11.6 Å². The molecule has 0 aliphatic rings. The van der Waals surface area contributed by atoms with Crippen LogP contribution in [0, 0.1) is 0 Å². The first-order valence-corrected chi connectivity index (χ1v) is 8.77. The Morgan fingerprint density at radius 2 is 1.26 bits per heavy atom. The largest absolute Gasteiger partial charge is 0.309 e.